The molecule has 57 heavy (non-hydrogen) atoms. The second-order valence-electron chi connectivity index (χ2n) is 14.5. The average molecular weight is 762 g/mol. The van der Waals surface area contributed by atoms with Crippen LogP contribution in [0.25, 0.3) is 84.9 Å². The molecule has 0 aliphatic heterocycles. The van der Waals surface area contributed by atoms with E-state index in [-0.39, 0.29) is 0 Å². The standard InChI is InChI=1S/C54H35NS2/c1-3-13-36(14-4-1)40-17-9-18-41(35-40)37-27-31-42(32-28-37)55(43-33-29-39(30-34-43)45-21-10-22-47-46-19-7-8-26-51(46)56-52(45)47)50-25-12-24-49-48-23-11-20-44(53(48)57-54(49)50)38-15-5-2-6-16-38/h1-35H. The predicted molar refractivity (Wildman–Crippen MR) is 249 cm³/mol. The first kappa shape index (κ1) is 33.5. The molecule has 11 rings (SSSR count). The maximum Gasteiger partial charge on any atom is 0.0640 e. The van der Waals surface area contributed by atoms with E-state index in [1.54, 1.807) is 0 Å². The van der Waals surface area contributed by atoms with Gasteiger partial charge < -0.3 is 4.90 Å². The van der Waals surface area contributed by atoms with Gasteiger partial charge in [0, 0.05) is 47.0 Å². The Labute approximate surface area is 340 Å². The zero-order valence-electron chi connectivity index (χ0n) is 31.0. The minimum absolute atomic E-state index is 1.12. The molecule has 1 nitrogen and oxygen atoms in total. The third-order valence-corrected chi connectivity index (χ3v) is 13.6. The maximum absolute atomic E-state index is 2.44. The van der Waals surface area contributed by atoms with E-state index in [9.17, 15) is 0 Å². The van der Waals surface area contributed by atoms with Crippen LogP contribution in [0.15, 0.2) is 212 Å². The summed E-state index contributed by atoms with van der Waals surface area (Å²) < 4.78 is 5.24. The van der Waals surface area contributed by atoms with Crippen molar-refractivity contribution in [2.75, 3.05) is 4.90 Å². The molecule has 0 unspecified atom stereocenters. The van der Waals surface area contributed by atoms with Crippen LogP contribution < -0.4 is 4.90 Å². The van der Waals surface area contributed by atoms with Crippen LogP contribution >= 0.6 is 22.7 Å². The minimum atomic E-state index is 1.12. The predicted octanol–water partition coefficient (Wildman–Crippen LogP) is 16.6. The van der Waals surface area contributed by atoms with Gasteiger partial charge in [-0.3, -0.25) is 0 Å². The van der Waals surface area contributed by atoms with Crippen molar-refractivity contribution in [1.82, 2.24) is 0 Å². The summed E-state index contributed by atoms with van der Waals surface area (Å²) in [6.45, 7) is 0. The molecule has 0 spiro atoms. The molecule has 0 saturated carbocycles. The molecule has 3 heteroatoms. The molecule has 9 aromatic carbocycles. The topological polar surface area (TPSA) is 3.24 Å². The highest BCUT2D eigenvalue weighted by Gasteiger charge is 2.20. The number of fused-ring (bicyclic) bond motifs is 6. The van der Waals surface area contributed by atoms with Crippen LogP contribution in [0, 0.1) is 0 Å². The molecule has 0 aliphatic rings. The van der Waals surface area contributed by atoms with Crippen molar-refractivity contribution in [3.8, 4) is 44.5 Å². The highest BCUT2D eigenvalue weighted by Crippen LogP contribution is 2.48. The zero-order valence-corrected chi connectivity index (χ0v) is 32.6. The van der Waals surface area contributed by atoms with E-state index in [0.29, 0.717) is 0 Å². The fourth-order valence-electron chi connectivity index (χ4n) is 8.33. The number of benzene rings is 9. The summed E-state index contributed by atoms with van der Waals surface area (Å²) in [6, 6.07) is 77.4. The van der Waals surface area contributed by atoms with E-state index in [0.717, 1.165) is 11.4 Å². The van der Waals surface area contributed by atoms with Crippen molar-refractivity contribution in [1.29, 1.82) is 0 Å². The Bertz CT molecular complexity index is 3210. The second-order valence-corrected chi connectivity index (χ2v) is 16.5. The normalized spacial score (nSPS) is 11.5. The Morgan fingerprint density at radius 2 is 0.719 bits per heavy atom. The molecule has 0 saturated heterocycles. The van der Waals surface area contributed by atoms with Gasteiger partial charge in [0.2, 0.25) is 0 Å². The molecule has 0 fully saturated rings. The van der Waals surface area contributed by atoms with Gasteiger partial charge in [-0.1, -0.05) is 170 Å². The first-order chi connectivity index (χ1) is 28.3. The van der Waals surface area contributed by atoms with Crippen molar-refractivity contribution in [3.05, 3.63) is 212 Å². The Morgan fingerprint density at radius 1 is 0.281 bits per heavy atom. The van der Waals surface area contributed by atoms with Gasteiger partial charge in [-0.05, 0) is 87.0 Å². The first-order valence-corrected chi connectivity index (χ1v) is 21.0. The van der Waals surface area contributed by atoms with Gasteiger partial charge in [0.1, 0.15) is 0 Å². The molecule has 0 amide bonds. The molecular formula is C54H35NS2. The van der Waals surface area contributed by atoms with Crippen molar-refractivity contribution >= 4 is 80.1 Å². The quantitative estimate of drug-likeness (QED) is 0.156. The minimum Gasteiger partial charge on any atom is -0.309 e. The van der Waals surface area contributed by atoms with E-state index < -0.39 is 0 Å². The first-order valence-electron chi connectivity index (χ1n) is 19.3. The molecule has 0 aliphatic carbocycles. The van der Waals surface area contributed by atoms with Gasteiger partial charge in [0.15, 0.2) is 0 Å². The molecule has 0 radical (unpaired) electrons. The molecule has 0 bridgehead atoms. The molecule has 268 valence electrons. The zero-order chi connectivity index (χ0) is 37.7. The molecule has 0 atom stereocenters. The molecule has 2 aromatic heterocycles. The molecule has 0 N–H and O–H groups in total. The second kappa shape index (κ2) is 14.1. The Hall–Kier alpha value is -6.78. The maximum atomic E-state index is 2.44. The third-order valence-electron chi connectivity index (χ3n) is 11.1. The summed E-state index contributed by atoms with van der Waals surface area (Å²) in [4.78, 5) is 2.44. The molecule has 11 aromatic rings. The Kier molecular flexibility index (Phi) is 8.28. The summed E-state index contributed by atoms with van der Waals surface area (Å²) in [5.41, 5.74) is 13.2. The van der Waals surface area contributed by atoms with Crippen molar-refractivity contribution < 1.29 is 0 Å². The van der Waals surface area contributed by atoms with E-state index in [1.807, 2.05) is 22.7 Å². The molecule has 2 heterocycles. The highest BCUT2D eigenvalue weighted by molar-refractivity contribution is 7.27. The van der Waals surface area contributed by atoms with Gasteiger partial charge >= 0.3 is 0 Å². The van der Waals surface area contributed by atoms with Crippen molar-refractivity contribution in [3.63, 3.8) is 0 Å². The van der Waals surface area contributed by atoms with Crippen molar-refractivity contribution in [2.24, 2.45) is 0 Å². The fraction of sp³-hybridized carbons (Fsp3) is 0. The van der Waals surface area contributed by atoms with Crippen LogP contribution in [-0.4, -0.2) is 0 Å². The van der Waals surface area contributed by atoms with Crippen LogP contribution in [0.2, 0.25) is 0 Å². The smallest absolute Gasteiger partial charge is 0.0640 e. The van der Waals surface area contributed by atoms with Gasteiger partial charge in [-0.2, -0.15) is 0 Å². The van der Waals surface area contributed by atoms with Gasteiger partial charge in [0.25, 0.3) is 0 Å². The Balaban J connectivity index is 1.05. The van der Waals surface area contributed by atoms with Crippen LogP contribution in [0.1, 0.15) is 0 Å². The van der Waals surface area contributed by atoms with Crippen LogP contribution in [0.3, 0.4) is 0 Å². The summed E-state index contributed by atoms with van der Waals surface area (Å²) >= 11 is 3.77. The SMILES string of the molecule is c1ccc(-c2cccc(-c3ccc(N(c4ccc(-c5cccc6c5sc5ccccc56)cc4)c4cccc5c4sc4c(-c6ccccc6)cccc45)cc3)c2)cc1. The van der Waals surface area contributed by atoms with Crippen LogP contribution in [-0.2, 0) is 0 Å². The van der Waals surface area contributed by atoms with Gasteiger partial charge in [-0.15, -0.1) is 22.7 Å². The van der Waals surface area contributed by atoms with Crippen LogP contribution in [0.4, 0.5) is 17.1 Å². The monoisotopic (exact) mass is 761 g/mol. The van der Waals surface area contributed by atoms with Gasteiger partial charge in [0.05, 0.1) is 10.4 Å². The van der Waals surface area contributed by atoms with E-state index >= 15 is 0 Å². The molecular weight excluding hydrogens is 727 g/mol. The highest BCUT2D eigenvalue weighted by atomic mass is 32.1. The summed E-state index contributed by atoms with van der Waals surface area (Å²) in [5.74, 6) is 0. The lowest BCUT2D eigenvalue weighted by atomic mass is 9.98. The van der Waals surface area contributed by atoms with Gasteiger partial charge in [-0.25, -0.2) is 0 Å². The van der Waals surface area contributed by atoms with E-state index in [2.05, 4.69) is 217 Å². The van der Waals surface area contributed by atoms with E-state index in [4.69, 9.17) is 0 Å². The number of thiophene rings is 2. The number of hydrogen-bond acceptors (Lipinski definition) is 3. The fourth-order valence-corrected chi connectivity index (χ4v) is 10.9. The summed E-state index contributed by atoms with van der Waals surface area (Å²) in [6.07, 6.45) is 0. The Morgan fingerprint density at radius 3 is 1.39 bits per heavy atom. The largest absolute Gasteiger partial charge is 0.309 e. The third kappa shape index (κ3) is 5.91. The number of rotatable bonds is 7. The lowest BCUT2D eigenvalue weighted by Gasteiger charge is -2.26. The number of hydrogen-bond donors (Lipinski definition) is 0. The lowest BCUT2D eigenvalue weighted by molar-refractivity contribution is 1.30. The van der Waals surface area contributed by atoms with Crippen LogP contribution in [0.5, 0.6) is 0 Å². The number of anilines is 3. The lowest BCUT2D eigenvalue weighted by Crippen LogP contribution is -2.10. The summed E-state index contributed by atoms with van der Waals surface area (Å²) in [5, 5.41) is 5.21. The van der Waals surface area contributed by atoms with E-state index in [1.165, 1.54) is 90.5 Å². The summed E-state index contributed by atoms with van der Waals surface area (Å²) in [7, 11) is 0. The number of nitrogens with zero attached hydrogens (tertiary/aromatic N) is 1. The van der Waals surface area contributed by atoms with Crippen molar-refractivity contribution in [2.45, 2.75) is 0 Å². The average Bonchev–Trinajstić information content (AvgIpc) is 3.87.